The molecule has 2 N–H and O–H groups in total. The van der Waals surface area contributed by atoms with E-state index < -0.39 is 0 Å². The summed E-state index contributed by atoms with van der Waals surface area (Å²) in [5.74, 6) is 1.31. The van der Waals surface area contributed by atoms with Gasteiger partial charge in [-0.2, -0.15) is 4.52 Å². The lowest BCUT2D eigenvalue weighted by Crippen LogP contribution is -2.30. The van der Waals surface area contributed by atoms with Gasteiger partial charge in [0.25, 0.3) is 0 Å². The predicted octanol–water partition coefficient (Wildman–Crippen LogP) is 5.37. The first-order valence-electron chi connectivity index (χ1n) is 11.4. The fourth-order valence-electron chi connectivity index (χ4n) is 3.66. The number of anilines is 3. The number of likely N-dealkylation sites (N-methyl/N-ethyl adjacent to an activating group) is 1. The molecule has 0 aliphatic rings. The van der Waals surface area contributed by atoms with Crippen LogP contribution in [0.3, 0.4) is 0 Å². The quantitative estimate of drug-likeness (QED) is 0.361. The number of benzene rings is 2. The van der Waals surface area contributed by atoms with E-state index in [2.05, 4.69) is 62.6 Å². The number of hydrogen-bond donors (Lipinski definition) is 2. The number of aryl methyl sites for hydroxylation is 2. The molecule has 9 heteroatoms. The highest BCUT2D eigenvalue weighted by atomic mass is 32.1. The van der Waals surface area contributed by atoms with E-state index >= 15 is 0 Å². The second kappa shape index (κ2) is 9.58. The average Bonchev–Trinajstić information content (AvgIpc) is 3.33. The van der Waals surface area contributed by atoms with Crippen molar-refractivity contribution < 1.29 is 9.53 Å². The summed E-state index contributed by atoms with van der Waals surface area (Å²) >= 11 is 1.44. The molecular weight excluding hydrogens is 460 g/mol. The largest absolute Gasteiger partial charge is 0.495 e. The molecule has 8 nitrogen and oxygen atoms in total. The molecule has 35 heavy (non-hydrogen) atoms. The molecule has 0 saturated carbocycles. The monoisotopic (exact) mass is 492 g/mol. The Labute approximate surface area is 209 Å². The molecule has 1 amide bonds. The van der Waals surface area contributed by atoms with Gasteiger partial charge in [-0.15, -0.1) is 5.10 Å². The molecular formula is C26H32N6O2S. The minimum absolute atomic E-state index is 0.139. The molecule has 4 aromatic rings. The van der Waals surface area contributed by atoms with Crippen LogP contribution in [0.2, 0.25) is 0 Å². The Balaban J connectivity index is 1.60. The van der Waals surface area contributed by atoms with E-state index in [4.69, 9.17) is 14.8 Å². The van der Waals surface area contributed by atoms with E-state index in [1.165, 1.54) is 16.9 Å². The van der Waals surface area contributed by atoms with E-state index in [1.54, 1.807) is 7.11 Å². The van der Waals surface area contributed by atoms with Gasteiger partial charge in [-0.1, -0.05) is 47.2 Å². The summed E-state index contributed by atoms with van der Waals surface area (Å²) in [6, 6.07) is 14.0. The Morgan fingerprint density at radius 3 is 2.46 bits per heavy atom. The molecule has 4 rings (SSSR count). The fraction of sp³-hybridized carbons (Fsp3) is 0.346. The summed E-state index contributed by atoms with van der Waals surface area (Å²) in [5, 5.41) is 12.0. The van der Waals surface area contributed by atoms with Crippen LogP contribution in [-0.4, -0.2) is 46.7 Å². The van der Waals surface area contributed by atoms with Crippen molar-refractivity contribution in [1.82, 2.24) is 14.6 Å². The number of rotatable bonds is 7. The van der Waals surface area contributed by atoms with Crippen molar-refractivity contribution >= 4 is 38.8 Å². The first-order chi connectivity index (χ1) is 16.5. The van der Waals surface area contributed by atoms with Gasteiger partial charge in [0, 0.05) is 18.2 Å². The maximum atomic E-state index is 12.8. The van der Waals surface area contributed by atoms with Crippen molar-refractivity contribution in [3.8, 4) is 17.0 Å². The summed E-state index contributed by atoms with van der Waals surface area (Å²) in [7, 11) is 3.44. The van der Waals surface area contributed by atoms with Gasteiger partial charge >= 0.3 is 0 Å². The van der Waals surface area contributed by atoms with Crippen LogP contribution in [0.5, 0.6) is 5.75 Å². The van der Waals surface area contributed by atoms with Gasteiger partial charge in [0.05, 0.1) is 19.3 Å². The number of hydrogen-bond acceptors (Lipinski definition) is 7. The molecule has 0 spiro atoms. The summed E-state index contributed by atoms with van der Waals surface area (Å²) in [6.45, 7) is 10.5. The minimum Gasteiger partial charge on any atom is -0.495 e. The molecule has 0 bridgehead atoms. The van der Waals surface area contributed by atoms with Crippen LogP contribution in [0.1, 0.15) is 31.9 Å². The molecule has 0 fully saturated rings. The zero-order valence-electron chi connectivity index (χ0n) is 21.3. The Morgan fingerprint density at radius 2 is 1.80 bits per heavy atom. The van der Waals surface area contributed by atoms with E-state index in [0.717, 1.165) is 27.6 Å². The van der Waals surface area contributed by atoms with Gasteiger partial charge in [0.2, 0.25) is 16.0 Å². The number of imidazole rings is 1. The number of ether oxygens (including phenoxy) is 1. The number of aromatic nitrogens is 3. The van der Waals surface area contributed by atoms with Gasteiger partial charge in [-0.3, -0.25) is 4.79 Å². The maximum Gasteiger partial charge on any atom is 0.244 e. The molecule has 0 saturated heterocycles. The van der Waals surface area contributed by atoms with Crippen molar-refractivity contribution in [2.24, 2.45) is 0 Å². The van der Waals surface area contributed by atoms with E-state index in [1.807, 2.05) is 41.6 Å². The molecule has 0 atom stereocenters. The normalized spacial score (nSPS) is 11.5. The molecule has 184 valence electrons. The number of nitrogens with one attached hydrogen (secondary N) is 2. The third-order valence-electron chi connectivity index (χ3n) is 5.35. The Bertz CT molecular complexity index is 1350. The number of nitrogens with zero attached hydrogens (tertiary/aromatic N) is 4. The van der Waals surface area contributed by atoms with E-state index in [9.17, 15) is 4.79 Å². The van der Waals surface area contributed by atoms with Crippen LogP contribution in [0.15, 0.2) is 42.5 Å². The standard InChI is InChI=1S/C26H32N6O2S/c1-16-8-11-18(12-9-16)22-23(29-26(3,4)5)32-24(28-22)35-25(30-32)31(6)15-21(33)27-19-14-17(2)10-13-20(19)34-7/h8-14,29H,15H2,1-7H3,(H,27,33). The number of carbonyl (C=O) groups is 1. The van der Waals surface area contributed by atoms with Crippen molar-refractivity contribution in [2.75, 3.05) is 36.2 Å². The number of amides is 1. The van der Waals surface area contributed by atoms with Crippen LogP contribution in [0, 0.1) is 13.8 Å². The second-order valence-corrected chi connectivity index (χ2v) is 10.7. The van der Waals surface area contributed by atoms with Gasteiger partial charge < -0.3 is 20.3 Å². The Hall–Kier alpha value is -3.59. The third kappa shape index (κ3) is 5.57. The smallest absolute Gasteiger partial charge is 0.244 e. The highest BCUT2D eigenvalue weighted by Gasteiger charge is 2.23. The summed E-state index contributed by atoms with van der Waals surface area (Å²) < 4.78 is 7.20. The molecule has 2 aromatic carbocycles. The molecule has 0 unspecified atom stereocenters. The molecule has 0 aliphatic carbocycles. The number of fused-ring (bicyclic) bond motifs is 1. The molecule has 2 aromatic heterocycles. The van der Waals surface area contributed by atoms with Gasteiger partial charge in [0.15, 0.2) is 5.82 Å². The minimum atomic E-state index is -0.183. The molecule has 2 heterocycles. The van der Waals surface area contributed by atoms with Crippen LogP contribution in [-0.2, 0) is 4.79 Å². The predicted molar refractivity (Wildman–Crippen MR) is 144 cm³/mol. The van der Waals surface area contributed by atoms with Gasteiger partial charge in [-0.25, -0.2) is 4.98 Å². The number of carbonyl (C=O) groups excluding carboxylic acids is 1. The van der Waals surface area contributed by atoms with Crippen LogP contribution >= 0.6 is 11.3 Å². The van der Waals surface area contributed by atoms with Crippen molar-refractivity contribution in [2.45, 2.75) is 40.2 Å². The fourth-order valence-corrected chi connectivity index (χ4v) is 4.53. The lowest BCUT2D eigenvalue weighted by molar-refractivity contribution is -0.114. The zero-order valence-corrected chi connectivity index (χ0v) is 22.1. The van der Waals surface area contributed by atoms with Crippen molar-refractivity contribution in [3.05, 3.63) is 53.6 Å². The Morgan fingerprint density at radius 1 is 1.11 bits per heavy atom. The van der Waals surface area contributed by atoms with Gasteiger partial charge in [-0.05, 0) is 52.3 Å². The number of methoxy groups -OCH3 is 1. The van der Waals surface area contributed by atoms with E-state index in [0.29, 0.717) is 16.6 Å². The highest BCUT2D eigenvalue weighted by molar-refractivity contribution is 7.20. The van der Waals surface area contributed by atoms with Crippen LogP contribution < -0.4 is 20.3 Å². The third-order valence-corrected chi connectivity index (χ3v) is 6.37. The highest BCUT2D eigenvalue weighted by Crippen LogP contribution is 2.34. The SMILES string of the molecule is COc1ccc(C)cc1NC(=O)CN(C)c1nn2c(NC(C)(C)C)c(-c3ccc(C)cc3)nc2s1. The van der Waals surface area contributed by atoms with E-state index in [-0.39, 0.29) is 18.0 Å². The van der Waals surface area contributed by atoms with Crippen LogP contribution in [0.4, 0.5) is 16.6 Å². The Kier molecular flexibility index (Phi) is 6.71. The first kappa shape index (κ1) is 24.5. The first-order valence-corrected chi connectivity index (χ1v) is 12.3. The zero-order chi connectivity index (χ0) is 25.3. The lowest BCUT2D eigenvalue weighted by atomic mass is 10.1. The topological polar surface area (TPSA) is 83.8 Å². The van der Waals surface area contributed by atoms with Crippen molar-refractivity contribution in [1.29, 1.82) is 0 Å². The van der Waals surface area contributed by atoms with Crippen molar-refractivity contribution in [3.63, 3.8) is 0 Å². The molecule has 0 radical (unpaired) electrons. The molecule has 0 aliphatic heterocycles. The van der Waals surface area contributed by atoms with Crippen LogP contribution in [0.25, 0.3) is 16.2 Å². The summed E-state index contributed by atoms with van der Waals surface area (Å²) in [5.41, 5.74) is 4.60. The lowest BCUT2D eigenvalue weighted by Gasteiger charge is -2.22. The second-order valence-electron chi connectivity index (χ2n) is 9.74. The maximum absolute atomic E-state index is 12.8. The summed E-state index contributed by atoms with van der Waals surface area (Å²) in [6.07, 6.45) is 0. The van der Waals surface area contributed by atoms with Gasteiger partial charge in [0.1, 0.15) is 11.4 Å². The summed E-state index contributed by atoms with van der Waals surface area (Å²) in [4.78, 5) is 20.3. The average molecular weight is 493 g/mol.